The fourth-order valence-corrected chi connectivity index (χ4v) is 3.98. The van der Waals surface area contributed by atoms with Crippen LogP contribution >= 0.6 is 0 Å². The number of carbonyl (C=O) groups excluding carboxylic acids is 1. The Kier molecular flexibility index (Phi) is 4.38. The van der Waals surface area contributed by atoms with Gasteiger partial charge in [0, 0.05) is 30.5 Å². The number of sulfonamides is 1. The molecule has 0 aromatic carbocycles. The molecule has 8 heteroatoms. The normalized spacial score (nSPS) is 29.1. The number of carboxylic acid groups (broad SMARTS) is 1. The van der Waals surface area contributed by atoms with Crippen molar-refractivity contribution in [1.82, 2.24) is 4.31 Å². The Morgan fingerprint density at radius 3 is 2.24 bits per heavy atom. The molecule has 0 unspecified atom stereocenters. The van der Waals surface area contributed by atoms with Gasteiger partial charge in [-0.2, -0.15) is 0 Å². The lowest BCUT2D eigenvalue weighted by molar-refractivity contribution is -0.151. The fraction of sp³-hybridized carbons (Fsp3) is 0.692. The van der Waals surface area contributed by atoms with Gasteiger partial charge in [0.15, 0.2) is 0 Å². The van der Waals surface area contributed by atoms with Crippen LogP contribution in [0.2, 0.25) is 0 Å². The molecule has 1 heterocycles. The minimum atomic E-state index is -3.24. The smallest absolute Gasteiger partial charge is 0.334 e. The fourth-order valence-electron chi connectivity index (χ4n) is 3.05. The Bertz CT molecular complexity index is 555. The number of hydrogen-bond acceptors (Lipinski definition) is 5. The molecule has 1 aliphatic carbocycles. The van der Waals surface area contributed by atoms with E-state index in [0.717, 1.165) is 12.8 Å². The first-order chi connectivity index (χ1) is 9.68. The number of aliphatic carboxylic acids is 1. The number of piperidine rings is 1. The van der Waals surface area contributed by atoms with Crippen molar-refractivity contribution in [2.75, 3.05) is 19.3 Å². The minimum Gasteiger partial charge on any atom is -0.481 e. The molecule has 1 saturated carbocycles. The summed E-state index contributed by atoms with van der Waals surface area (Å²) >= 11 is 0. The zero-order valence-electron chi connectivity index (χ0n) is 11.8. The van der Waals surface area contributed by atoms with E-state index in [2.05, 4.69) is 6.58 Å². The Balaban J connectivity index is 1.99. The van der Waals surface area contributed by atoms with Crippen molar-refractivity contribution in [2.24, 2.45) is 11.8 Å². The minimum absolute atomic E-state index is 0.0277. The maximum absolute atomic E-state index is 11.8. The van der Waals surface area contributed by atoms with E-state index in [0.29, 0.717) is 13.1 Å². The van der Waals surface area contributed by atoms with E-state index in [9.17, 15) is 18.0 Å². The highest BCUT2D eigenvalue weighted by molar-refractivity contribution is 7.88. The second-order valence-electron chi connectivity index (χ2n) is 5.72. The van der Waals surface area contributed by atoms with Gasteiger partial charge in [-0.05, 0) is 12.8 Å². The van der Waals surface area contributed by atoms with E-state index < -0.39 is 28.4 Å². The van der Waals surface area contributed by atoms with Crippen LogP contribution in [0.1, 0.15) is 19.3 Å². The number of carbonyl (C=O) groups is 2. The quantitative estimate of drug-likeness (QED) is 0.575. The van der Waals surface area contributed by atoms with Gasteiger partial charge in [0.05, 0.1) is 12.7 Å². The highest BCUT2D eigenvalue weighted by Crippen LogP contribution is 2.40. The van der Waals surface area contributed by atoms with Crippen LogP contribution in [-0.2, 0) is 24.3 Å². The standard InChI is InChI=1S/C13H19NO6S/c1-8(5-11(15)16)13(17)20-12-9-3-4-10(12)7-14(6-9)21(2,18)19/h9-10,12H,1,3-7H2,2H3,(H,15,16)/t9-,10+,12+. The molecule has 0 aromatic rings. The van der Waals surface area contributed by atoms with Gasteiger partial charge in [0.25, 0.3) is 0 Å². The van der Waals surface area contributed by atoms with Crippen LogP contribution in [0.25, 0.3) is 0 Å². The average molecular weight is 317 g/mol. The van der Waals surface area contributed by atoms with Crippen molar-refractivity contribution in [3.63, 3.8) is 0 Å². The molecule has 21 heavy (non-hydrogen) atoms. The summed E-state index contributed by atoms with van der Waals surface area (Å²) in [7, 11) is -3.24. The Morgan fingerprint density at radius 2 is 1.81 bits per heavy atom. The SMILES string of the molecule is C=C(CC(=O)O)C(=O)O[C@H]1[C@@H]2CC[C@H]1CN(S(C)(=O)=O)C2. The van der Waals surface area contributed by atoms with Crippen molar-refractivity contribution in [1.29, 1.82) is 0 Å². The van der Waals surface area contributed by atoms with Gasteiger partial charge in [-0.1, -0.05) is 6.58 Å². The molecule has 0 spiro atoms. The molecule has 1 saturated heterocycles. The van der Waals surface area contributed by atoms with E-state index in [1.165, 1.54) is 10.6 Å². The van der Waals surface area contributed by atoms with E-state index in [1.54, 1.807) is 0 Å². The summed E-state index contributed by atoms with van der Waals surface area (Å²) in [5.74, 6) is -1.89. The van der Waals surface area contributed by atoms with Crippen LogP contribution in [0.4, 0.5) is 0 Å². The number of rotatable bonds is 5. The number of esters is 1. The van der Waals surface area contributed by atoms with Crippen LogP contribution in [0.5, 0.6) is 0 Å². The Morgan fingerprint density at radius 1 is 1.29 bits per heavy atom. The summed E-state index contributed by atoms with van der Waals surface area (Å²) < 4.78 is 30.0. The maximum atomic E-state index is 11.8. The summed E-state index contributed by atoms with van der Waals surface area (Å²) in [6.45, 7) is 4.12. The molecule has 7 nitrogen and oxygen atoms in total. The van der Waals surface area contributed by atoms with E-state index in [-0.39, 0.29) is 23.5 Å². The second-order valence-corrected chi connectivity index (χ2v) is 7.70. The zero-order valence-corrected chi connectivity index (χ0v) is 12.6. The van der Waals surface area contributed by atoms with Crippen molar-refractivity contribution >= 4 is 22.0 Å². The van der Waals surface area contributed by atoms with Gasteiger partial charge in [0.1, 0.15) is 6.10 Å². The first-order valence-electron chi connectivity index (χ1n) is 6.74. The van der Waals surface area contributed by atoms with Gasteiger partial charge >= 0.3 is 11.9 Å². The van der Waals surface area contributed by atoms with Crippen molar-refractivity contribution in [3.8, 4) is 0 Å². The van der Waals surface area contributed by atoms with Crippen molar-refractivity contribution < 1.29 is 27.9 Å². The summed E-state index contributed by atoms with van der Waals surface area (Å²) in [6.07, 6.45) is 1.99. The highest BCUT2D eigenvalue weighted by Gasteiger charge is 2.46. The van der Waals surface area contributed by atoms with Crippen LogP contribution in [0, 0.1) is 11.8 Å². The third-order valence-corrected chi connectivity index (χ3v) is 5.32. The first-order valence-corrected chi connectivity index (χ1v) is 8.59. The van der Waals surface area contributed by atoms with Gasteiger partial charge in [0.2, 0.25) is 10.0 Å². The topological polar surface area (TPSA) is 101 Å². The molecule has 2 rings (SSSR count). The monoisotopic (exact) mass is 317 g/mol. The number of hydrogen-bond donors (Lipinski definition) is 1. The van der Waals surface area contributed by atoms with Crippen LogP contribution in [0.3, 0.4) is 0 Å². The summed E-state index contributed by atoms with van der Waals surface area (Å²) in [5, 5.41) is 8.64. The lowest BCUT2D eigenvalue weighted by atomic mass is 9.96. The number of fused-ring (bicyclic) bond motifs is 2. The van der Waals surface area contributed by atoms with Gasteiger partial charge in [-0.25, -0.2) is 17.5 Å². The van der Waals surface area contributed by atoms with E-state index in [1.807, 2.05) is 0 Å². The van der Waals surface area contributed by atoms with Crippen LogP contribution in [-0.4, -0.2) is 55.2 Å². The van der Waals surface area contributed by atoms with Crippen LogP contribution in [0.15, 0.2) is 12.2 Å². The van der Waals surface area contributed by atoms with E-state index >= 15 is 0 Å². The second kappa shape index (κ2) is 5.76. The number of nitrogens with zero attached hydrogens (tertiary/aromatic N) is 1. The molecule has 2 bridgehead atoms. The molecule has 0 amide bonds. The maximum Gasteiger partial charge on any atom is 0.334 e. The Labute approximate surface area is 123 Å². The average Bonchev–Trinajstić information content (AvgIpc) is 2.59. The molecular weight excluding hydrogens is 298 g/mol. The molecule has 1 aliphatic heterocycles. The number of ether oxygens (including phenoxy) is 1. The lowest BCUT2D eigenvalue weighted by Crippen LogP contribution is -2.48. The Hall–Kier alpha value is -1.41. The molecule has 0 aromatic heterocycles. The van der Waals surface area contributed by atoms with Gasteiger partial charge in [-0.3, -0.25) is 4.79 Å². The molecule has 0 radical (unpaired) electrons. The summed E-state index contributed by atoms with van der Waals surface area (Å²) in [4.78, 5) is 22.4. The van der Waals surface area contributed by atoms with E-state index in [4.69, 9.17) is 9.84 Å². The first kappa shape index (κ1) is 16.0. The largest absolute Gasteiger partial charge is 0.481 e. The molecule has 2 fully saturated rings. The predicted octanol–water partition coefficient (Wildman–Crippen LogP) is 0.231. The molecule has 118 valence electrons. The summed E-state index contributed by atoms with van der Waals surface area (Å²) in [6, 6.07) is 0. The number of carboxylic acids is 1. The summed E-state index contributed by atoms with van der Waals surface area (Å²) in [5.41, 5.74) is -0.0903. The molecule has 3 atom stereocenters. The predicted molar refractivity (Wildman–Crippen MR) is 73.9 cm³/mol. The van der Waals surface area contributed by atoms with Crippen LogP contribution < -0.4 is 0 Å². The molecular formula is C13H19NO6S. The highest BCUT2D eigenvalue weighted by atomic mass is 32.2. The van der Waals surface area contributed by atoms with Crippen molar-refractivity contribution in [2.45, 2.75) is 25.4 Å². The zero-order chi connectivity index (χ0) is 15.8. The van der Waals surface area contributed by atoms with Gasteiger partial charge in [-0.15, -0.1) is 0 Å². The van der Waals surface area contributed by atoms with Crippen molar-refractivity contribution in [3.05, 3.63) is 12.2 Å². The van der Waals surface area contributed by atoms with Gasteiger partial charge < -0.3 is 9.84 Å². The third-order valence-electron chi connectivity index (χ3n) is 4.08. The molecule has 2 aliphatic rings. The molecule has 1 N–H and O–H groups in total. The third kappa shape index (κ3) is 3.62. The lowest BCUT2D eigenvalue weighted by Gasteiger charge is -2.36.